The normalized spacial score (nSPS) is 28.5. The maximum atomic E-state index is 11.7. The Morgan fingerprint density at radius 2 is 2.25 bits per heavy atom. The van der Waals surface area contributed by atoms with Gasteiger partial charge in [-0.15, -0.1) is 0 Å². The smallest absolute Gasteiger partial charge is 0.230 e. The molecule has 5 heteroatoms. The molecule has 1 saturated carbocycles. The van der Waals surface area contributed by atoms with E-state index in [9.17, 15) is 4.79 Å². The second-order valence-corrected chi connectivity index (χ2v) is 4.72. The second-order valence-electron chi connectivity index (χ2n) is 4.72. The lowest BCUT2D eigenvalue weighted by molar-refractivity contribution is -0.123. The van der Waals surface area contributed by atoms with Crippen molar-refractivity contribution in [3.63, 3.8) is 0 Å². The standard InChI is InChI=1S/C11H21N3O2/c1-7-4-3-5-9(6-7)13-11(15)8(2)10(12)14-16/h7-9,16H,3-6H2,1-2H3,(H2,12,14)(H,13,15). The fourth-order valence-electron chi connectivity index (χ4n) is 2.11. The Hall–Kier alpha value is -1.26. The number of hydrogen-bond donors (Lipinski definition) is 3. The van der Waals surface area contributed by atoms with Crippen LogP contribution in [0.5, 0.6) is 0 Å². The summed E-state index contributed by atoms with van der Waals surface area (Å²) in [6, 6.07) is 0.241. The van der Waals surface area contributed by atoms with Crippen LogP contribution in [0.3, 0.4) is 0 Å². The largest absolute Gasteiger partial charge is 0.409 e. The third-order valence-electron chi connectivity index (χ3n) is 3.24. The van der Waals surface area contributed by atoms with E-state index in [1.165, 1.54) is 6.42 Å². The molecule has 1 aliphatic rings. The average molecular weight is 227 g/mol. The highest BCUT2D eigenvalue weighted by atomic mass is 16.4. The van der Waals surface area contributed by atoms with E-state index in [1.54, 1.807) is 6.92 Å². The molecular formula is C11H21N3O2. The Kier molecular flexibility index (Phi) is 4.58. The van der Waals surface area contributed by atoms with Crippen molar-refractivity contribution in [3.8, 4) is 0 Å². The van der Waals surface area contributed by atoms with Crippen molar-refractivity contribution < 1.29 is 10.0 Å². The first kappa shape index (κ1) is 12.8. The number of amidine groups is 1. The number of nitrogens with one attached hydrogen (secondary N) is 1. The quantitative estimate of drug-likeness (QED) is 0.291. The predicted molar refractivity (Wildman–Crippen MR) is 62.1 cm³/mol. The number of hydrogen-bond acceptors (Lipinski definition) is 3. The molecule has 0 aromatic rings. The van der Waals surface area contributed by atoms with Crippen LogP contribution in [0.1, 0.15) is 39.5 Å². The Labute approximate surface area is 96.1 Å². The van der Waals surface area contributed by atoms with Crippen LogP contribution in [0.15, 0.2) is 5.16 Å². The number of nitrogens with zero attached hydrogens (tertiary/aromatic N) is 1. The van der Waals surface area contributed by atoms with Gasteiger partial charge in [0.15, 0.2) is 5.84 Å². The van der Waals surface area contributed by atoms with Gasteiger partial charge in [-0.05, 0) is 25.7 Å². The molecule has 0 saturated heterocycles. The van der Waals surface area contributed by atoms with E-state index in [-0.39, 0.29) is 17.8 Å². The molecule has 92 valence electrons. The topological polar surface area (TPSA) is 87.7 Å². The molecule has 0 spiro atoms. The van der Waals surface area contributed by atoms with Crippen molar-refractivity contribution in [2.75, 3.05) is 0 Å². The van der Waals surface area contributed by atoms with Crippen LogP contribution >= 0.6 is 0 Å². The van der Waals surface area contributed by atoms with Gasteiger partial charge in [0.1, 0.15) is 0 Å². The third-order valence-corrected chi connectivity index (χ3v) is 3.24. The van der Waals surface area contributed by atoms with E-state index in [1.807, 2.05) is 0 Å². The predicted octanol–water partition coefficient (Wildman–Crippen LogP) is 1.06. The highest BCUT2D eigenvalue weighted by Gasteiger charge is 2.24. The summed E-state index contributed by atoms with van der Waals surface area (Å²) in [7, 11) is 0. The number of nitrogens with two attached hydrogens (primary N) is 1. The Balaban J connectivity index is 2.44. The molecule has 0 aromatic carbocycles. The van der Waals surface area contributed by atoms with Gasteiger partial charge < -0.3 is 16.3 Å². The maximum Gasteiger partial charge on any atom is 0.230 e. The van der Waals surface area contributed by atoms with Crippen molar-refractivity contribution in [1.82, 2.24) is 5.32 Å². The molecule has 1 aliphatic carbocycles. The van der Waals surface area contributed by atoms with Gasteiger partial charge in [-0.1, -0.05) is 24.9 Å². The van der Waals surface area contributed by atoms with Gasteiger partial charge in [0.2, 0.25) is 5.91 Å². The average Bonchev–Trinajstić information content (AvgIpc) is 2.27. The molecule has 0 heterocycles. The van der Waals surface area contributed by atoms with Crippen LogP contribution in [0.4, 0.5) is 0 Å². The fraction of sp³-hybridized carbons (Fsp3) is 0.818. The summed E-state index contributed by atoms with van der Waals surface area (Å²) in [6.45, 7) is 3.84. The van der Waals surface area contributed by atoms with Crippen molar-refractivity contribution in [1.29, 1.82) is 0 Å². The first-order valence-electron chi connectivity index (χ1n) is 5.82. The van der Waals surface area contributed by atoms with Gasteiger partial charge in [-0.25, -0.2) is 0 Å². The number of oxime groups is 1. The second kappa shape index (κ2) is 5.72. The molecule has 0 radical (unpaired) electrons. The van der Waals surface area contributed by atoms with Crippen LogP contribution in [0.2, 0.25) is 0 Å². The minimum Gasteiger partial charge on any atom is -0.409 e. The first-order chi connectivity index (χ1) is 7.54. The lowest BCUT2D eigenvalue weighted by Gasteiger charge is -2.28. The summed E-state index contributed by atoms with van der Waals surface area (Å²) in [5.41, 5.74) is 5.39. The number of rotatable bonds is 3. The van der Waals surface area contributed by atoms with E-state index >= 15 is 0 Å². The van der Waals surface area contributed by atoms with Crippen molar-refractivity contribution >= 4 is 11.7 Å². The summed E-state index contributed by atoms with van der Waals surface area (Å²) in [5.74, 6) is -0.101. The minimum atomic E-state index is -0.567. The summed E-state index contributed by atoms with van der Waals surface area (Å²) in [6.07, 6.45) is 4.44. The molecule has 4 N–H and O–H groups in total. The fourth-order valence-corrected chi connectivity index (χ4v) is 2.11. The lowest BCUT2D eigenvalue weighted by Crippen LogP contribution is -2.44. The van der Waals surface area contributed by atoms with Gasteiger partial charge in [-0.3, -0.25) is 4.79 Å². The van der Waals surface area contributed by atoms with Gasteiger partial charge in [0, 0.05) is 6.04 Å². The monoisotopic (exact) mass is 227 g/mol. The molecular weight excluding hydrogens is 206 g/mol. The zero-order valence-electron chi connectivity index (χ0n) is 9.94. The van der Waals surface area contributed by atoms with Gasteiger partial charge in [-0.2, -0.15) is 0 Å². The lowest BCUT2D eigenvalue weighted by atomic mass is 9.87. The molecule has 0 aliphatic heterocycles. The molecule has 0 bridgehead atoms. The molecule has 3 unspecified atom stereocenters. The SMILES string of the molecule is CC1CCCC(NC(=O)C(C)C(N)=NO)C1. The van der Waals surface area contributed by atoms with Crippen molar-refractivity contribution in [2.45, 2.75) is 45.6 Å². The van der Waals surface area contributed by atoms with Crippen LogP contribution in [-0.4, -0.2) is 23.0 Å². The van der Waals surface area contributed by atoms with E-state index in [4.69, 9.17) is 10.9 Å². The van der Waals surface area contributed by atoms with Crippen LogP contribution in [0, 0.1) is 11.8 Å². The summed E-state index contributed by atoms with van der Waals surface area (Å²) in [5, 5.41) is 14.3. The Bertz CT molecular complexity index is 278. The highest BCUT2D eigenvalue weighted by molar-refractivity contribution is 6.01. The molecule has 0 aromatic heterocycles. The minimum absolute atomic E-state index is 0.0404. The Morgan fingerprint density at radius 1 is 1.56 bits per heavy atom. The molecule has 3 atom stereocenters. The zero-order valence-corrected chi connectivity index (χ0v) is 9.94. The van der Waals surface area contributed by atoms with Crippen molar-refractivity contribution in [3.05, 3.63) is 0 Å². The van der Waals surface area contributed by atoms with Gasteiger partial charge >= 0.3 is 0 Å². The molecule has 5 nitrogen and oxygen atoms in total. The third kappa shape index (κ3) is 3.40. The van der Waals surface area contributed by atoms with E-state index in [2.05, 4.69) is 17.4 Å². The van der Waals surface area contributed by atoms with Crippen LogP contribution < -0.4 is 11.1 Å². The number of carbonyl (C=O) groups is 1. The van der Waals surface area contributed by atoms with E-state index in [0.29, 0.717) is 5.92 Å². The summed E-state index contributed by atoms with van der Waals surface area (Å²) < 4.78 is 0. The van der Waals surface area contributed by atoms with Crippen LogP contribution in [0.25, 0.3) is 0 Å². The van der Waals surface area contributed by atoms with Gasteiger partial charge in [0.05, 0.1) is 5.92 Å². The summed E-state index contributed by atoms with van der Waals surface area (Å²) >= 11 is 0. The van der Waals surface area contributed by atoms with Crippen LogP contribution in [-0.2, 0) is 4.79 Å². The molecule has 1 fully saturated rings. The molecule has 1 amide bonds. The summed E-state index contributed by atoms with van der Waals surface area (Å²) in [4.78, 5) is 11.7. The van der Waals surface area contributed by atoms with Crippen molar-refractivity contribution in [2.24, 2.45) is 22.7 Å². The zero-order chi connectivity index (χ0) is 12.1. The van der Waals surface area contributed by atoms with E-state index in [0.717, 1.165) is 19.3 Å². The number of carbonyl (C=O) groups excluding carboxylic acids is 1. The number of amides is 1. The van der Waals surface area contributed by atoms with Gasteiger partial charge in [0.25, 0.3) is 0 Å². The molecule has 16 heavy (non-hydrogen) atoms. The Morgan fingerprint density at radius 3 is 2.81 bits per heavy atom. The van der Waals surface area contributed by atoms with E-state index < -0.39 is 5.92 Å². The maximum absolute atomic E-state index is 11.7. The highest BCUT2D eigenvalue weighted by Crippen LogP contribution is 2.23. The molecule has 1 rings (SSSR count). The first-order valence-corrected chi connectivity index (χ1v) is 5.82.